The number of hydrogen-bond donors (Lipinski definition) is 1. The lowest BCUT2D eigenvalue weighted by Gasteiger charge is -2.05. The van der Waals surface area contributed by atoms with E-state index in [0.717, 1.165) is 17.9 Å². The second-order valence-corrected chi connectivity index (χ2v) is 4.29. The number of aromatic nitrogens is 4. The van der Waals surface area contributed by atoms with Gasteiger partial charge in [0.1, 0.15) is 0 Å². The second-order valence-electron chi connectivity index (χ2n) is 4.29. The molecular formula is C12H18FN5. The number of rotatable bonds is 4. The van der Waals surface area contributed by atoms with Gasteiger partial charge in [0.05, 0.1) is 23.3 Å². The van der Waals surface area contributed by atoms with Gasteiger partial charge in [-0.05, 0) is 20.8 Å². The van der Waals surface area contributed by atoms with E-state index in [-0.39, 0.29) is 5.95 Å². The van der Waals surface area contributed by atoms with E-state index in [1.165, 1.54) is 4.68 Å². The number of nitrogens with zero attached hydrogens (tertiary/aromatic N) is 4. The minimum atomic E-state index is -0.291. The number of anilines is 1. The van der Waals surface area contributed by atoms with Crippen molar-refractivity contribution in [3.05, 3.63) is 29.1 Å². The Balaban J connectivity index is 2.14. The molecule has 0 radical (unpaired) electrons. The van der Waals surface area contributed by atoms with Gasteiger partial charge in [-0.15, -0.1) is 0 Å². The molecule has 0 fully saturated rings. The van der Waals surface area contributed by atoms with Gasteiger partial charge in [0.25, 0.3) is 0 Å². The molecule has 0 amide bonds. The zero-order valence-corrected chi connectivity index (χ0v) is 11.2. The summed E-state index contributed by atoms with van der Waals surface area (Å²) in [6.45, 7) is 7.08. The molecule has 0 aliphatic carbocycles. The first-order valence-electron chi connectivity index (χ1n) is 5.98. The number of nitrogens with one attached hydrogen (secondary N) is 1. The Labute approximate surface area is 106 Å². The normalized spacial score (nSPS) is 10.9. The first-order valence-corrected chi connectivity index (χ1v) is 5.98. The van der Waals surface area contributed by atoms with Crippen LogP contribution in [-0.2, 0) is 20.1 Å². The number of aryl methyl sites for hydroxylation is 3. The van der Waals surface area contributed by atoms with Crippen LogP contribution in [0, 0.1) is 19.8 Å². The van der Waals surface area contributed by atoms with Gasteiger partial charge in [-0.2, -0.15) is 14.6 Å². The van der Waals surface area contributed by atoms with Gasteiger partial charge in [-0.1, -0.05) is 0 Å². The fourth-order valence-corrected chi connectivity index (χ4v) is 2.00. The molecule has 1 N–H and O–H groups in total. The van der Waals surface area contributed by atoms with E-state index in [2.05, 4.69) is 15.5 Å². The zero-order valence-electron chi connectivity index (χ0n) is 11.2. The van der Waals surface area contributed by atoms with Gasteiger partial charge in [0, 0.05) is 25.7 Å². The molecule has 0 atom stereocenters. The molecule has 2 heterocycles. The molecule has 0 aliphatic rings. The third-order valence-corrected chi connectivity index (χ3v) is 3.13. The number of halogens is 1. The lowest BCUT2D eigenvalue weighted by Crippen LogP contribution is -2.04. The molecule has 2 rings (SSSR count). The first kappa shape index (κ1) is 12.6. The van der Waals surface area contributed by atoms with Gasteiger partial charge >= 0.3 is 0 Å². The van der Waals surface area contributed by atoms with Crippen molar-refractivity contribution in [2.75, 3.05) is 5.32 Å². The van der Waals surface area contributed by atoms with Crippen molar-refractivity contribution in [3.63, 3.8) is 0 Å². The van der Waals surface area contributed by atoms with E-state index >= 15 is 0 Å². The second kappa shape index (κ2) is 4.80. The highest BCUT2D eigenvalue weighted by molar-refractivity contribution is 5.46. The number of hydrogen-bond acceptors (Lipinski definition) is 3. The molecule has 0 unspecified atom stereocenters. The Morgan fingerprint density at radius 1 is 1.39 bits per heavy atom. The summed E-state index contributed by atoms with van der Waals surface area (Å²) in [5.74, 6) is -0.291. The lowest BCUT2D eigenvalue weighted by molar-refractivity contribution is 0.496. The third-order valence-electron chi connectivity index (χ3n) is 3.13. The van der Waals surface area contributed by atoms with Gasteiger partial charge in [-0.25, -0.2) is 4.68 Å². The Kier molecular flexibility index (Phi) is 3.36. The Morgan fingerprint density at radius 2 is 2.11 bits per heavy atom. The van der Waals surface area contributed by atoms with Crippen molar-refractivity contribution < 1.29 is 4.39 Å². The quantitative estimate of drug-likeness (QED) is 0.904. The highest BCUT2D eigenvalue weighted by Gasteiger charge is 2.13. The fourth-order valence-electron chi connectivity index (χ4n) is 2.00. The van der Waals surface area contributed by atoms with Crippen LogP contribution in [0.15, 0.2) is 6.20 Å². The van der Waals surface area contributed by atoms with Gasteiger partial charge < -0.3 is 5.32 Å². The maximum Gasteiger partial charge on any atom is 0.216 e. The molecule has 6 heteroatoms. The van der Waals surface area contributed by atoms with E-state index < -0.39 is 0 Å². The molecule has 2 aromatic heterocycles. The topological polar surface area (TPSA) is 47.7 Å². The highest BCUT2D eigenvalue weighted by Crippen LogP contribution is 2.17. The summed E-state index contributed by atoms with van der Waals surface area (Å²) in [5, 5.41) is 11.5. The van der Waals surface area contributed by atoms with E-state index in [1.54, 1.807) is 13.2 Å². The van der Waals surface area contributed by atoms with Gasteiger partial charge in [0.15, 0.2) is 0 Å². The van der Waals surface area contributed by atoms with Crippen LogP contribution in [0.4, 0.5) is 10.1 Å². The van der Waals surface area contributed by atoms with Crippen LogP contribution in [0.3, 0.4) is 0 Å². The molecule has 0 saturated heterocycles. The lowest BCUT2D eigenvalue weighted by atomic mass is 10.2. The molecule has 0 aliphatic heterocycles. The highest BCUT2D eigenvalue weighted by atomic mass is 19.1. The van der Waals surface area contributed by atoms with E-state index in [9.17, 15) is 4.39 Å². The van der Waals surface area contributed by atoms with Crippen LogP contribution >= 0.6 is 0 Å². The molecule has 0 spiro atoms. The van der Waals surface area contributed by atoms with Crippen LogP contribution in [0.2, 0.25) is 0 Å². The molecule has 2 aromatic rings. The summed E-state index contributed by atoms with van der Waals surface area (Å²) in [5.41, 5.74) is 3.29. The third kappa shape index (κ3) is 2.10. The van der Waals surface area contributed by atoms with E-state index in [0.29, 0.717) is 17.8 Å². The fraction of sp³-hybridized carbons (Fsp3) is 0.500. The largest absolute Gasteiger partial charge is 0.378 e. The monoisotopic (exact) mass is 251 g/mol. The van der Waals surface area contributed by atoms with Crippen molar-refractivity contribution in [1.82, 2.24) is 19.6 Å². The van der Waals surface area contributed by atoms with Gasteiger partial charge in [0.2, 0.25) is 5.95 Å². The van der Waals surface area contributed by atoms with E-state index in [4.69, 9.17) is 0 Å². The molecule has 0 saturated carbocycles. The Bertz CT molecular complexity index is 555. The molecular weight excluding hydrogens is 233 g/mol. The molecule has 0 bridgehead atoms. The Morgan fingerprint density at radius 3 is 2.61 bits per heavy atom. The smallest absolute Gasteiger partial charge is 0.216 e. The van der Waals surface area contributed by atoms with Crippen molar-refractivity contribution in [3.8, 4) is 0 Å². The Hall–Kier alpha value is -1.85. The summed E-state index contributed by atoms with van der Waals surface area (Å²) < 4.78 is 16.9. The van der Waals surface area contributed by atoms with Crippen molar-refractivity contribution in [2.45, 2.75) is 33.9 Å². The zero-order chi connectivity index (χ0) is 13.3. The summed E-state index contributed by atoms with van der Waals surface area (Å²) in [7, 11) is 1.60. The van der Waals surface area contributed by atoms with Gasteiger partial charge in [-0.3, -0.25) is 4.68 Å². The predicted molar refractivity (Wildman–Crippen MR) is 67.9 cm³/mol. The molecule has 18 heavy (non-hydrogen) atoms. The van der Waals surface area contributed by atoms with Crippen molar-refractivity contribution >= 4 is 5.69 Å². The molecule has 5 nitrogen and oxygen atoms in total. The van der Waals surface area contributed by atoms with Crippen LogP contribution in [0.25, 0.3) is 0 Å². The first-order chi connectivity index (χ1) is 8.54. The summed E-state index contributed by atoms with van der Waals surface area (Å²) >= 11 is 0. The summed E-state index contributed by atoms with van der Waals surface area (Å²) in [6, 6.07) is 0. The van der Waals surface area contributed by atoms with Crippen molar-refractivity contribution in [2.24, 2.45) is 7.05 Å². The predicted octanol–water partition coefficient (Wildman–Crippen LogP) is 2.00. The van der Waals surface area contributed by atoms with Crippen LogP contribution in [0.1, 0.15) is 23.9 Å². The van der Waals surface area contributed by atoms with Crippen LogP contribution in [-0.4, -0.2) is 19.6 Å². The SMILES string of the molecule is CCn1ncc(NCc2c(C)nn(C)c2F)c1C. The van der Waals surface area contributed by atoms with Crippen LogP contribution < -0.4 is 5.32 Å². The maximum absolute atomic E-state index is 13.7. The average Bonchev–Trinajstić information content (AvgIpc) is 2.80. The molecule has 0 aromatic carbocycles. The summed E-state index contributed by atoms with van der Waals surface area (Å²) in [6.07, 6.45) is 1.77. The maximum atomic E-state index is 13.7. The molecule has 98 valence electrons. The van der Waals surface area contributed by atoms with Crippen molar-refractivity contribution in [1.29, 1.82) is 0 Å². The van der Waals surface area contributed by atoms with E-state index in [1.807, 2.05) is 25.5 Å². The average molecular weight is 251 g/mol. The summed E-state index contributed by atoms with van der Waals surface area (Å²) in [4.78, 5) is 0. The van der Waals surface area contributed by atoms with Crippen LogP contribution in [0.5, 0.6) is 0 Å². The minimum absolute atomic E-state index is 0.291. The standard InChI is InChI=1S/C12H18FN5/c1-5-18-9(3)11(7-15-18)14-6-10-8(2)16-17(4)12(10)13/h7,14H,5-6H2,1-4H3. The minimum Gasteiger partial charge on any atom is -0.378 e.